The van der Waals surface area contributed by atoms with Gasteiger partial charge < -0.3 is 10.5 Å². The van der Waals surface area contributed by atoms with Crippen LogP contribution in [0, 0.1) is 0 Å². The summed E-state index contributed by atoms with van der Waals surface area (Å²) in [5, 5.41) is 0. The van der Waals surface area contributed by atoms with Crippen LogP contribution in [0.4, 0.5) is 0 Å². The Balaban J connectivity index is 1.64. The minimum Gasteiger partial charge on any atom is -0.493 e. The molecule has 1 aliphatic rings. The molecule has 1 aliphatic heterocycles. The molecule has 20 heavy (non-hydrogen) atoms. The Morgan fingerprint density at radius 3 is 2.70 bits per heavy atom. The summed E-state index contributed by atoms with van der Waals surface area (Å²) in [7, 11) is 0. The quantitative estimate of drug-likeness (QED) is 0.875. The molecule has 0 amide bonds. The third-order valence-corrected chi connectivity index (χ3v) is 4.88. The van der Waals surface area contributed by atoms with E-state index in [-0.39, 0.29) is 0 Å². The number of thioether (sulfide) groups is 1. The zero-order chi connectivity index (χ0) is 13.9. The van der Waals surface area contributed by atoms with E-state index in [0.29, 0.717) is 17.5 Å². The van der Waals surface area contributed by atoms with Crippen LogP contribution in [0.3, 0.4) is 0 Å². The van der Waals surface area contributed by atoms with Crippen molar-refractivity contribution in [3.8, 4) is 5.75 Å². The number of ether oxygens (including phenoxy) is 1. The zero-order valence-corrected chi connectivity index (χ0v) is 12.5. The SMILES string of the molecule is NC(=S)c1ccc(OCC2CSc3ccccc32)cc1. The number of hydrogen-bond donors (Lipinski definition) is 1. The molecule has 0 saturated heterocycles. The van der Waals surface area contributed by atoms with Crippen molar-refractivity contribution in [2.75, 3.05) is 12.4 Å². The number of nitrogens with two attached hydrogens (primary N) is 1. The van der Waals surface area contributed by atoms with Crippen molar-refractivity contribution in [3.05, 3.63) is 59.7 Å². The zero-order valence-electron chi connectivity index (χ0n) is 10.9. The van der Waals surface area contributed by atoms with E-state index in [2.05, 4.69) is 24.3 Å². The first-order valence-corrected chi connectivity index (χ1v) is 7.88. The molecule has 2 aromatic carbocycles. The van der Waals surface area contributed by atoms with Crippen molar-refractivity contribution in [2.24, 2.45) is 5.73 Å². The third kappa shape index (κ3) is 2.81. The average Bonchev–Trinajstić information content (AvgIpc) is 2.89. The predicted molar refractivity (Wildman–Crippen MR) is 87.7 cm³/mol. The molecule has 1 heterocycles. The summed E-state index contributed by atoms with van der Waals surface area (Å²) in [6.07, 6.45) is 0. The van der Waals surface area contributed by atoms with Crippen LogP contribution in [0.1, 0.15) is 17.0 Å². The van der Waals surface area contributed by atoms with Gasteiger partial charge in [0.05, 0.1) is 6.61 Å². The molecule has 0 spiro atoms. The molecule has 0 radical (unpaired) electrons. The molecule has 102 valence electrons. The van der Waals surface area contributed by atoms with Crippen LogP contribution >= 0.6 is 24.0 Å². The Labute approximate surface area is 128 Å². The molecule has 3 rings (SSSR count). The molecular weight excluding hydrogens is 286 g/mol. The van der Waals surface area contributed by atoms with Gasteiger partial charge in [-0.15, -0.1) is 11.8 Å². The molecule has 2 nitrogen and oxygen atoms in total. The molecule has 2 aromatic rings. The molecule has 1 unspecified atom stereocenters. The Kier molecular flexibility index (Phi) is 3.94. The van der Waals surface area contributed by atoms with Gasteiger partial charge in [-0.05, 0) is 35.9 Å². The maximum absolute atomic E-state index is 5.88. The lowest BCUT2D eigenvalue weighted by atomic mass is 10.0. The van der Waals surface area contributed by atoms with E-state index in [9.17, 15) is 0 Å². The van der Waals surface area contributed by atoms with Crippen LogP contribution in [0.15, 0.2) is 53.4 Å². The summed E-state index contributed by atoms with van der Waals surface area (Å²) in [6, 6.07) is 16.2. The fourth-order valence-corrected chi connectivity index (χ4v) is 3.65. The predicted octanol–water partition coefficient (Wildman–Crippen LogP) is 3.59. The van der Waals surface area contributed by atoms with Crippen molar-refractivity contribution in [1.29, 1.82) is 0 Å². The van der Waals surface area contributed by atoms with E-state index in [1.807, 2.05) is 36.0 Å². The maximum atomic E-state index is 5.88. The number of thiocarbonyl (C=S) groups is 1. The summed E-state index contributed by atoms with van der Waals surface area (Å²) >= 11 is 6.84. The normalized spacial score (nSPS) is 16.7. The van der Waals surface area contributed by atoms with Crippen molar-refractivity contribution in [1.82, 2.24) is 0 Å². The van der Waals surface area contributed by atoms with Gasteiger partial charge in [0.25, 0.3) is 0 Å². The molecule has 1 atom stereocenters. The highest BCUT2D eigenvalue weighted by Crippen LogP contribution is 2.39. The highest BCUT2D eigenvalue weighted by atomic mass is 32.2. The summed E-state index contributed by atoms with van der Waals surface area (Å²) in [5.74, 6) is 2.41. The van der Waals surface area contributed by atoms with Gasteiger partial charge in [-0.3, -0.25) is 0 Å². The first-order chi connectivity index (χ1) is 9.74. The van der Waals surface area contributed by atoms with Crippen molar-refractivity contribution in [2.45, 2.75) is 10.8 Å². The highest BCUT2D eigenvalue weighted by Gasteiger charge is 2.23. The van der Waals surface area contributed by atoms with Crippen LogP contribution in [0.5, 0.6) is 5.75 Å². The molecule has 0 saturated carbocycles. The smallest absolute Gasteiger partial charge is 0.119 e. The van der Waals surface area contributed by atoms with Gasteiger partial charge in [-0.2, -0.15) is 0 Å². The average molecular weight is 301 g/mol. The van der Waals surface area contributed by atoms with E-state index < -0.39 is 0 Å². The maximum Gasteiger partial charge on any atom is 0.119 e. The number of fused-ring (bicyclic) bond motifs is 1. The van der Waals surface area contributed by atoms with E-state index in [0.717, 1.165) is 17.1 Å². The Morgan fingerprint density at radius 2 is 1.95 bits per heavy atom. The molecule has 0 aromatic heterocycles. The molecule has 2 N–H and O–H groups in total. The largest absolute Gasteiger partial charge is 0.493 e. The number of benzene rings is 2. The van der Waals surface area contributed by atoms with E-state index >= 15 is 0 Å². The summed E-state index contributed by atoms with van der Waals surface area (Å²) in [4.78, 5) is 1.79. The lowest BCUT2D eigenvalue weighted by Crippen LogP contribution is -2.11. The van der Waals surface area contributed by atoms with Gasteiger partial charge >= 0.3 is 0 Å². The van der Waals surface area contributed by atoms with E-state index in [1.54, 1.807) is 0 Å². The number of hydrogen-bond acceptors (Lipinski definition) is 3. The minimum atomic E-state index is 0.415. The van der Waals surface area contributed by atoms with E-state index in [1.165, 1.54) is 10.5 Å². The highest BCUT2D eigenvalue weighted by molar-refractivity contribution is 7.99. The van der Waals surface area contributed by atoms with Gasteiger partial charge in [0.1, 0.15) is 10.7 Å². The second-order valence-corrected chi connectivity index (χ2v) is 6.25. The first kappa shape index (κ1) is 13.5. The van der Waals surface area contributed by atoms with Gasteiger partial charge in [0, 0.05) is 22.1 Å². The lowest BCUT2D eigenvalue weighted by Gasteiger charge is -2.12. The fraction of sp³-hybridized carbons (Fsp3) is 0.188. The van der Waals surface area contributed by atoms with Crippen LogP contribution < -0.4 is 10.5 Å². The van der Waals surface area contributed by atoms with Gasteiger partial charge in [0.2, 0.25) is 0 Å². The van der Waals surface area contributed by atoms with Gasteiger partial charge in [0.15, 0.2) is 0 Å². The van der Waals surface area contributed by atoms with Crippen LogP contribution in [0.2, 0.25) is 0 Å². The molecule has 0 fully saturated rings. The Morgan fingerprint density at radius 1 is 1.20 bits per heavy atom. The lowest BCUT2D eigenvalue weighted by molar-refractivity contribution is 0.298. The third-order valence-electron chi connectivity index (χ3n) is 3.39. The molecule has 4 heteroatoms. The van der Waals surface area contributed by atoms with Gasteiger partial charge in [-0.25, -0.2) is 0 Å². The first-order valence-electron chi connectivity index (χ1n) is 6.48. The Bertz CT molecular complexity index is 625. The van der Waals surface area contributed by atoms with Gasteiger partial charge in [-0.1, -0.05) is 30.4 Å². The van der Waals surface area contributed by atoms with Crippen LogP contribution in [0.25, 0.3) is 0 Å². The van der Waals surface area contributed by atoms with Crippen molar-refractivity contribution in [3.63, 3.8) is 0 Å². The topological polar surface area (TPSA) is 35.2 Å². The van der Waals surface area contributed by atoms with Crippen LogP contribution in [-0.4, -0.2) is 17.3 Å². The second kappa shape index (κ2) is 5.85. The Hall–Kier alpha value is -1.52. The van der Waals surface area contributed by atoms with Crippen molar-refractivity contribution < 1.29 is 4.74 Å². The minimum absolute atomic E-state index is 0.415. The summed E-state index contributed by atoms with van der Waals surface area (Å²) < 4.78 is 5.88. The molecule has 0 aliphatic carbocycles. The standard InChI is InChI=1S/C16H15NOS2/c17-16(19)11-5-7-13(8-6-11)18-9-12-10-20-15-4-2-1-3-14(12)15/h1-8,12H,9-10H2,(H2,17,19). The summed E-state index contributed by atoms with van der Waals surface area (Å²) in [6.45, 7) is 0.705. The number of rotatable bonds is 4. The molecule has 0 bridgehead atoms. The second-order valence-electron chi connectivity index (χ2n) is 4.75. The fourth-order valence-electron chi connectivity index (χ4n) is 2.28. The van der Waals surface area contributed by atoms with Crippen molar-refractivity contribution >= 4 is 29.0 Å². The summed E-state index contributed by atoms with van der Waals surface area (Å²) in [5.41, 5.74) is 7.85. The monoisotopic (exact) mass is 301 g/mol. The molecular formula is C16H15NOS2. The van der Waals surface area contributed by atoms with E-state index in [4.69, 9.17) is 22.7 Å². The van der Waals surface area contributed by atoms with Crippen LogP contribution in [-0.2, 0) is 0 Å².